The number of H-pyrrole nitrogens is 1. The fourth-order valence-corrected chi connectivity index (χ4v) is 2.70. The molecule has 0 aromatic carbocycles. The second-order valence-corrected chi connectivity index (χ2v) is 6.18. The molecule has 0 aliphatic carbocycles. The van der Waals surface area contributed by atoms with E-state index < -0.39 is 11.2 Å². The van der Waals surface area contributed by atoms with E-state index in [9.17, 15) is 9.35 Å². The van der Waals surface area contributed by atoms with Crippen LogP contribution < -0.4 is 10.3 Å². The molecule has 0 spiro atoms. The summed E-state index contributed by atoms with van der Waals surface area (Å²) in [6.07, 6.45) is 3.07. The highest BCUT2D eigenvalue weighted by atomic mass is 32.2. The molecule has 7 nitrogen and oxygen atoms in total. The fraction of sp³-hybridized carbons (Fsp3) is 0.200. The number of hydrogen-bond acceptors (Lipinski definition) is 6. The molecule has 0 saturated heterocycles. The third kappa shape index (κ3) is 2.90. The van der Waals surface area contributed by atoms with Crippen LogP contribution in [0.25, 0.3) is 22.2 Å². The molecule has 1 atom stereocenters. The molecule has 1 unspecified atom stereocenters. The summed E-state index contributed by atoms with van der Waals surface area (Å²) in [5, 5.41) is 0.897. The van der Waals surface area contributed by atoms with Gasteiger partial charge in [0.05, 0.1) is 12.8 Å². The number of nitrogens with zero attached hydrogens (tertiary/aromatic N) is 3. The minimum absolute atomic E-state index is 0.199. The van der Waals surface area contributed by atoms with E-state index in [0.717, 1.165) is 0 Å². The van der Waals surface area contributed by atoms with Gasteiger partial charge in [-0.1, -0.05) is 0 Å². The number of aromatic amines is 1. The molecule has 0 aliphatic rings. The smallest absolute Gasteiger partial charge is 0.344 e. The molecule has 0 bridgehead atoms. The van der Waals surface area contributed by atoms with E-state index in [4.69, 9.17) is 4.74 Å². The van der Waals surface area contributed by atoms with Crippen LogP contribution in [0.5, 0.6) is 5.88 Å². The zero-order valence-electron chi connectivity index (χ0n) is 12.8. The van der Waals surface area contributed by atoms with E-state index in [0.29, 0.717) is 33.7 Å². The predicted octanol–water partition coefficient (Wildman–Crippen LogP) is 1.43. The van der Waals surface area contributed by atoms with Crippen LogP contribution in [0.15, 0.2) is 34.3 Å². The summed E-state index contributed by atoms with van der Waals surface area (Å²) in [5.41, 5.74) is 1.86. The van der Waals surface area contributed by atoms with E-state index in [1.807, 2.05) is 0 Å². The molecule has 3 aromatic rings. The van der Waals surface area contributed by atoms with Gasteiger partial charge in [-0.15, -0.1) is 0 Å². The van der Waals surface area contributed by atoms with Crippen LogP contribution in [0.3, 0.4) is 0 Å². The molecule has 0 aliphatic heterocycles. The Morgan fingerprint density at radius 2 is 2.09 bits per heavy atom. The molecular weight excluding hydrogens is 316 g/mol. The predicted molar refractivity (Wildman–Crippen MR) is 87.0 cm³/mol. The zero-order chi connectivity index (χ0) is 16.6. The van der Waals surface area contributed by atoms with Crippen LogP contribution in [0.2, 0.25) is 0 Å². The first-order chi connectivity index (χ1) is 11.0. The Hall–Kier alpha value is -2.45. The van der Waals surface area contributed by atoms with Crippen LogP contribution >= 0.6 is 0 Å². The fourth-order valence-electron chi connectivity index (χ4n) is 2.21. The summed E-state index contributed by atoms with van der Waals surface area (Å²) in [7, 11) is 1.53. The lowest BCUT2D eigenvalue weighted by molar-refractivity contribution is 0.398. The first kappa shape index (κ1) is 15.4. The summed E-state index contributed by atoms with van der Waals surface area (Å²) in [5.74, 6) is 0.473. The third-order valence-corrected chi connectivity index (χ3v) is 4.09. The molecule has 118 valence electrons. The van der Waals surface area contributed by atoms with Gasteiger partial charge in [-0.2, -0.15) is 9.97 Å². The largest absolute Gasteiger partial charge is 0.609 e. The van der Waals surface area contributed by atoms with Gasteiger partial charge in [0, 0.05) is 40.0 Å². The van der Waals surface area contributed by atoms with E-state index >= 15 is 0 Å². The average Bonchev–Trinajstić information content (AvgIpc) is 2.54. The number of hydrogen-bond donors (Lipinski definition) is 1. The summed E-state index contributed by atoms with van der Waals surface area (Å²) < 4.78 is 16.6. The maximum Gasteiger partial charge on any atom is 0.344 e. The Morgan fingerprint density at radius 1 is 1.30 bits per heavy atom. The van der Waals surface area contributed by atoms with Crippen molar-refractivity contribution >= 4 is 22.2 Å². The van der Waals surface area contributed by atoms with Crippen molar-refractivity contribution in [2.24, 2.45) is 0 Å². The Kier molecular flexibility index (Phi) is 4.01. The SMILES string of the molecule is COc1ccc(-c2cc3c(C)nc([S+](C)[O-])nc3[nH]c2=O)cn1. The second-order valence-electron chi connectivity index (χ2n) is 4.91. The summed E-state index contributed by atoms with van der Waals surface area (Å²) in [6, 6.07) is 5.16. The highest BCUT2D eigenvalue weighted by Crippen LogP contribution is 2.22. The van der Waals surface area contributed by atoms with Gasteiger partial charge in [0.1, 0.15) is 11.9 Å². The molecule has 8 heteroatoms. The average molecular weight is 330 g/mol. The zero-order valence-corrected chi connectivity index (χ0v) is 13.6. The number of aryl methyl sites for hydroxylation is 1. The van der Waals surface area contributed by atoms with Crippen molar-refractivity contribution in [3.05, 3.63) is 40.4 Å². The normalized spacial score (nSPS) is 12.3. The van der Waals surface area contributed by atoms with Crippen LogP contribution in [-0.2, 0) is 11.2 Å². The van der Waals surface area contributed by atoms with E-state index in [1.165, 1.54) is 13.4 Å². The lowest BCUT2D eigenvalue weighted by Crippen LogP contribution is -2.13. The van der Waals surface area contributed by atoms with Crippen LogP contribution in [0.4, 0.5) is 0 Å². The molecule has 3 rings (SSSR count). The minimum Gasteiger partial charge on any atom is -0.609 e. The van der Waals surface area contributed by atoms with Gasteiger partial charge in [0.25, 0.3) is 5.56 Å². The maximum atomic E-state index is 12.3. The van der Waals surface area contributed by atoms with Crippen molar-refractivity contribution in [1.82, 2.24) is 19.9 Å². The topological polar surface area (TPSA) is 104 Å². The lowest BCUT2D eigenvalue weighted by Gasteiger charge is -2.08. The number of aromatic nitrogens is 4. The molecule has 0 fully saturated rings. The maximum absolute atomic E-state index is 12.3. The number of nitrogens with one attached hydrogen (secondary N) is 1. The van der Waals surface area contributed by atoms with Crippen molar-refractivity contribution in [3.63, 3.8) is 0 Å². The number of methoxy groups -OCH3 is 1. The quantitative estimate of drug-likeness (QED) is 0.575. The number of pyridine rings is 2. The second kappa shape index (κ2) is 5.98. The van der Waals surface area contributed by atoms with E-state index in [-0.39, 0.29) is 10.7 Å². The van der Waals surface area contributed by atoms with Gasteiger partial charge >= 0.3 is 5.16 Å². The Bertz CT molecular complexity index is 922. The molecule has 0 saturated carbocycles. The first-order valence-corrected chi connectivity index (χ1v) is 8.31. The van der Waals surface area contributed by atoms with Crippen molar-refractivity contribution in [1.29, 1.82) is 0 Å². The number of ether oxygens (including phenoxy) is 1. The monoisotopic (exact) mass is 330 g/mol. The Labute approximate surface area is 135 Å². The summed E-state index contributed by atoms with van der Waals surface area (Å²) in [6.45, 7) is 1.79. The molecule has 0 amide bonds. The Morgan fingerprint density at radius 3 is 2.70 bits per heavy atom. The van der Waals surface area contributed by atoms with Gasteiger partial charge in [-0.3, -0.25) is 4.79 Å². The molecule has 23 heavy (non-hydrogen) atoms. The minimum atomic E-state index is -1.32. The van der Waals surface area contributed by atoms with Gasteiger partial charge < -0.3 is 14.3 Å². The van der Waals surface area contributed by atoms with Crippen LogP contribution in [0, 0.1) is 6.92 Å². The Balaban J connectivity index is 2.19. The van der Waals surface area contributed by atoms with Crippen molar-refractivity contribution in [3.8, 4) is 17.0 Å². The van der Waals surface area contributed by atoms with Crippen LogP contribution in [0.1, 0.15) is 5.69 Å². The van der Waals surface area contributed by atoms with E-state index in [1.54, 1.807) is 31.3 Å². The lowest BCUT2D eigenvalue weighted by atomic mass is 10.1. The van der Waals surface area contributed by atoms with Crippen LogP contribution in [-0.4, -0.2) is 37.9 Å². The molecule has 3 heterocycles. The molecule has 0 radical (unpaired) electrons. The van der Waals surface area contributed by atoms with Gasteiger partial charge in [0.15, 0.2) is 0 Å². The third-order valence-electron chi connectivity index (χ3n) is 3.39. The van der Waals surface area contributed by atoms with Gasteiger partial charge in [0.2, 0.25) is 5.88 Å². The first-order valence-electron chi connectivity index (χ1n) is 6.75. The van der Waals surface area contributed by atoms with Crippen molar-refractivity contribution in [2.45, 2.75) is 12.1 Å². The number of fused-ring (bicyclic) bond motifs is 1. The highest BCUT2D eigenvalue weighted by Gasteiger charge is 2.15. The van der Waals surface area contributed by atoms with Crippen molar-refractivity contribution < 1.29 is 9.29 Å². The number of rotatable bonds is 3. The summed E-state index contributed by atoms with van der Waals surface area (Å²) in [4.78, 5) is 27.5. The molecule has 1 N–H and O–H groups in total. The standard InChI is InChI=1S/C15H14N4O3S/c1-8-10-6-11(9-4-5-12(22-2)16-7-9)14(20)18-13(10)19-15(17-8)23(3)21/h4-7H,1-3H3,(H,17,18,19,20). The summed E-state index contributed by atoms with van der Waals surface area (Å²) >= 11 is -1.32. The van der Waals surface area contributed by atoms with Gasteiger partial charge in [-0.05, 0) is 19.1 Å². The van der Waals surface area contributed by atoms with E-state index in [2.05, 4.69) is 19.9 Å². The van der Waals surface area contributed by atoms with Crippen molar-refractivity contribution in [2.75, 3.05) is 13.4 Å². The molecule has 3 aromatic heterocycles. The van der Waals surface area contributed by atoms with Gasteiger partial charge in [-0.25, -0.2) is 4.98 Å². The highest BCUT2D eigenvalue weighted by molar-refractivity contribution is 7.90. The molecular formula is C15H14N4O3S.